The molecule has 0 saturated heterocycles. The fraction of sp³-hybridized carbons (Fsp3) is 0.400. The molecule has 19 heavy (non-hydrogen) atoms. The third kappa shape index (κ3) is 2.54. The minimum absolute atomic E-state index is 0.219. The van der Waals surface area contributed by atoms with E-state index in [0.29, 0.717) is 17.5 Å². The van der Waals surface area contributed by atoms with Crippen molar-refractivity contribution >= 4 is 0 Å². The van der Waals surface area contributed by atoms with E-state index < -0.39 is 0 Å². The fourth-order valence-electron chi connectivity index (χ4n) is 2.75. The van der Waals surface area contributed by atoms with Crippen LogP contribution in [0.2, 0.25) is 0 Å². The van der Waals surface area contributed by atoms with E-state index in [1.54, 1.807) is 18.3 Å². The number of rotatable bonds is 2. The lowest BCUT2D eigenvalue weighted by Gasteiger charge is -2.24. The first kappa shape index (κ1) is 12.4. The minimum Gasteiger partial charge on any atom is -0.342 e. The second kappa shape index (κ2) is 5.13. The number of H-pyrrole nitrogens is 1. The van der Waals surface area contributed by atoms with Crippen LogP contribution in [0.25, 0.3) is 11.3 Å². The number of nitrogens with two attached hydrogens (primary N) is 1. The van der Waals surface area contributed by atoms with E-state index in [9.17, 15) is 4.39 Å². The Bertz CT molecular complexity index is 556. The maximum absolute atomic E-state index is 13.7. The van der Waals surface area contributed by atoms with E-state index in [1.807, 2.05) is 6.07 Å². The third-order valence-corrected chi connectivity index (χ3v) is 3.92. The second-order valence-electron chi connectivity index (χ2n) is 5.27. The molecule has 1 fully saturated rings. The first-order chi connectivity index (χ1) is 9.24. The van der Waals surface area contributed by atoms with Crippen molar-refractivity contribution in [3.63, 3.8) is 0 Å². The Kier molecular flexibility index (Phi) is 3.34. The lowest BCUT2D eigenvalue weighted by atomic mass is 9.86. The summed E-state index contributed by atoms with van der Waals surface area (Å²) in [5, 5.41) is 0. The van der Waals surface area contributed by atoms with Crippen LogP contribution < -0.4 is 5.73 Å². The van der Waals surface area contributed by atoms with E-state index >= 15 is 0 Å². The topological polar surface area (TPSA) is 54.7 Å². The molecule has 1 aliphatic carbocycles. The number of nitrogens with one attached hydrogen (secondary N) is 1. The molecule has 3 rings (SSSR count). The molecule has 0 amide bonds. The Labute approximate surface area is 112 Å². The highest BCUT2D eigenvalue weighted by Crippen LogP contribution is 2.32. The number of hydrogen-bond acceptors (Lipinski definition) is 2. The summed E-state index contributed by atoms with van der Waals surface area (Å²) in [6, 6.07) is 7.09. The smallest absolute Gasteiger partial charge is 0.132 e. The highest BCUT2D eigenvalue weighted by atomic mass is 19.1. The standard InChI is InChI=1S/C15H18FN3/c16-13-4-2-1-3-12(13)14-9-18-15(19-14)10-5-7-11(17)8-6-10/h1-4,9-11H,5-8,17H2,(H,18,19). The van der Waals surface area contributed by atoms with E-state index in [1.165, 1.54) is 6.07 Å². The van der Waals surface area contributed by atoms with Gasteiger partial charge in [-0.3, -0.25) is 0 Å². The van der Waals surface area contributed by atoms with Crippen LogP contribution in [0.1, 0.15) is 37.4 Å². The van der Waals surface area contributed by atoms with Crippen molar-refractivity contribution in [1.29, 1.82) is 0 Å². The summed E-state index contributed by atoms with van der Waals surface area (Å²) in [4.78, 5) is 7.68. The number of imidazole rings is 1. The molecule has 3 N–H and O–H groups in total. The van der Waals surface area contributed by atoms with Gasteiger partial charge < -0.3 is 10.7 Å². The van der Waals surface area contributed by atoms with Gasteiger partial charge in [-0.15, -0.1) is 0 Å². The molecule has 0 bridgehead atoms. The second-order valence-corrected chi connectivity index (χ2v) is 5.27. The van der Waals surface area contributed by atoms with Crippen LogP contribution in [-0.4, -0.2) is 16.0 Å². The molecule has 0 spiro atoms. The molecule has 1 saturated carbocycles. The van der Waals surface area contributed by atoms with Gasteiger partial charge in [0.2, 0.25) is 0 Å². The average molecular weight is 259 g/mol. The molecule has 1 aromatic heterocycles. The Morgan fingerprint density at radius 3 is 2.63 bits per heavy atom. The van der Waals surface area contributed by atoms with Gasteiger partial charge in [-0.1, -0.05) is 12.1 Å². The molecule has 3 nitrogen and oxygen atoms in total. The van der Waals surface area contributed by atoms with Crippen LogP contribution in [0.3, 0.4) is 0 Å². The van der Waals surface area contributed by atoms with Crippen LogP contribution in [0.15, 0.2) is 30.5 Å². The molecule has 1 aromatic carbocycles. The summed E-state index contributed by atoms with van der Waals surface area (Å²) in [6.45, 7) is 0. The van der Waals surface area contributed by atoms with Crippen molar-refractivity contribution in [2.24, 2.45) is 5.73 Å². The number of hydrogen-bond donors (Lipinski definition) is 2. The number of benzene rings is 1. The SMILES string of the molecule is NC1CCC(c2ncc(-c3ccccc3F)[nH]2)CC1. The fourth-order valence-corrected chi connectivity index (χ4v) is 2.75. The van der Waals surface area contributed by atoms with E-state index in [-0.39, 0.29) is 5.82 Å². The van der Waals surface area contributed by atoms with Crippen molar-refractivity contribution < 1.29 is 4.39 Å². The van der Waals surface area contributed by atoms with Gasteiger partial charge in [0.05, 0.1) is 11.9 Å². The summed E-state index contributed by atoms with van der Waals surface area (Å²) in [5.41, 5.74) is 7.24. The van der Waals surface area contributed by atoms with Crippen LogP contribution >= 0.6 is 0 Å². The molecule has 0 atom stereocenters. The zero-order valence-electron chi connectivity index (χ0n) is 10.8. The molecule has 1 heterocycles. The van der Waals surface area contributed by atoms with Crippen LogP contribution in [0, 0.1) is 5.82 Å². The number of halogens is 1. The Morgan fingerprint density at radius 2 is 1.89 bits per heavy atom. The molecule has 4 heteroatoms. The Balaban J connectivity index is 1.82. The summed E-state index contributed by atoms with van der Waals surface area (Å²) < 4.78 is 13.7. The quantitative estimate of drug-likeness (QED) is 0.870. The maximum Gasteiger partial charge on any atom is 0.132 e. The lowest BCUT2D eigenvalue weighted by molar-refractivity contribution is 0.386. The summed E-state index contributed by atoms with van der Waals surface area (Å²) in [6.07, 6.45) is 5.93. The summed E-state index contributed by atoms with van der Waals surface area (Å²) >= 11 is 0. The first-order valence-electron chi connectivity index (χ1n) is 6.79. The van der Waals surface area contributed by atoms with Gasteiger partial charge in [0.15, 0.2) is 0 Å². The normalized spacial score (nSPS) is 23.5. The van der Waals surface area contributed by atoms with Gasteiger partial charge in [0.1, 0.15) is 11.6 Å². The minimum atomic E-state index is -0.219. The van der Waals surface area contributed by atoms with Crippen LogP contribution in [-0.2, 0) is 0 Å². The predicted octanol–water partition coefficient (Wildman–Crippen LogP) is 3.20. The molecule has 2 aromatic rings. The summed E-state index contributed by atoms with van der Waals surface area (Å²) in [5.74, 6) is 1.17. The molecular weight excluding hydrogens is 241 g/mol. The molecule has 0 unspecified atom stereocenters. The zero-order chi connectivity index (χ0) is 13.2. The van der Waals surface area contributed by atoms with Gasteiger partial charge >= 0.3 is 0 Å². The highest BCUT2D eigenvalue weighted by Gasteiger charge is 2.22. The van der Waals surface area contributed by atoms with Gasteiger partial charge in [-0.05, 0) is 37.8 Å². The number of aromatic nitrogens is 2. The van der Waals surface area contributed by atoms with Crippen molar-refractivity contribution in [1.82, 2.24) is 9.97 Å². The highest BCUT2D eigenvalue weighted by molar-refractivity contribution is 5.59. The average Bonchev–Trinajstić information content (AvgIpc) is 2.89. The van der Waals surface area contributed by atoms with Crippen molar-refractivity contribution in [3.05, 3.63) is 42.1 Å². The van der Waals surface area contributed by atoms with Crippen LogP contribution in [0.5, 0.6) is 0 Å². The monoisotopic (exact) mass is 259 g/mol. The van der Waals surface area contributed by atoms with Gasteiger partial charge in [0, 0.05) is 17.5 Å². The van der Waals surface area contributed by atoms with E-state index in [0.717, 1.165) is 37.2 Å². The zero-order valence-corrected chi connectivity index (χ0v) is 10.8. The molecule has 0 radical (unpaired) electrons. The van der Waals surface area contributed by atoms with Crippen molar-refractivity contribution in [2.75, 3.05) is 0 Å². The number of aromatic amines is 1. The Morgan fingerprint density at radius 1 is 1.16 bits per heavy atom. The molecule has 100 valence electrons. The molecular formula is C15H18FN3. The third-order valence-electron chi connectivity index (χ3n) is 3.92. The molecule has 0 aliphatic heterocycles. The largest absolute Gasteiger partial charge is 0.342 e. The van der Waals surface area contributed by atoms with E-state index in [4.69, 9.17) is 5.73 Å². The van der Waals surface area contributed by atoms with E-state index in [2.05, 4.69) is 9.97 Å². The summed E-state index contributed by atoms with van der Waals surface area (Å²) in [7, 11) is 0. The van der Waals surface area contributed by atoms with Crippen LogP contribution in [0.4, 0.5) is 4.39 Å². The lowest BCUT2D eigenvalue weighted by Crippen LogP contribution is -2.26. The predicted molar refractivity (Wildman–Crippen MR) is 73.2 cm³/mol. The van der Waals surface area contributed by atoms with Gasteiger partial charge in [0.25, 0.3) is 0 Å². The van der Waals surface area contributed by atoms with Crippen molar-refractivity contribution in [3.8, 4) is 11.3 Å². The maximum atomic E-state index is 13.7. The van der Waals surface area contributed by atoms with Gasteiger partial charge in [-0.2, -0.15) is 0 Å². The number of nitrogens with zero attached hydrogens (tertiary/aromatic N) is 1. The Hall–Kier alpha value is -1.68. The first-order valence-corrected chi connectivity index (χ1v) is 6.79. The van der Waals surface area contributed by atoms with Gasteiger partial charge in [-0.25, -0.2) is 9.37 Å². The van der Waals surface area contributed by atoms with Crippen molar-refractivity contribution in [2.45, 2.75) is 37.6 Å². The molecule has 1 aliphatic rings.